The fourth-order valence-corrected chi connectivity index (χ4v) is 2.84. The van der Waals surface area contributed by atoms with Crippen molar-refractivity contribution >= 4 is 35.6 Å². The number of rotatable bonds is 7. The highest BCUT2D eigenvalue weighted by Crippen LogP contribution is 2.31. The fourth-order valence-electron chi connectivity index (χ4n) is 2.84. The number of benzene rings is 1. The highest BCUT2D eigenvalue weighted by atomic mass is 127. The lowest BCUT2D eigenvalue weighted by Gasteiger charge is -2.36. The van der Waals surface area contributed by atoms with Gasteiger partial charge in [-0.1, -0.05) is 12.1 Å². The molecule has 0 amide bonds. The second-order valence-electron chi connectivity index (χ2n) is 6.17. The van der Waals surface area contributed by atoms with Crippen LogP contribution in [0.4, 0.5) is 18.9 Å². The standard InChI is InChI=1S/C18H26F3N5.HI/c1-2-7-23-17(22)24-8-4-9-25-10-12-26(13-11-25)16-6-3-5-15(14-16)18(19,20)21;/h2-3,5-6,14H,1,4,7-13H2,(H3,22,23,24);1H. The molecule has 1 aromatic rings. The number of nitrogens with one attached hydrogen (secondary N) is 1. The van der Waals surface area contributed by atoms with Crippen LogP contribution >= 0.6 is 24.0 Å². The molecule has 0 aliphatic carbocycles. The van der Waals surface area contributed by atoms with E-state index in [1.807, 2.05) is 4.90 Å². The van der Waals surface area contributed by atoms with Crippen molar-refractivity contribution in [3.8, 4) is 0 Å². The lowest BCUT2D eigenvalue weighted by molar-refractivity contribution is -0.137. The van der Waals surface area contributed by atoms with Crippen LogP contribution in [-0.2, 0) is 6.18 Å². The summed E-state index contributed by atoms with van der Waals surface area (Å²) < 4.78 is 38.5. The number of hydrogen-bond acceptors (Lipinski definition) is 3. The Morgan fingerprint density at radius 3 is 2.59 bits per heavy atom. The van der Waals surface area contributed by atoms with Gasteiger partial charge in [-0.2, -0.15) is 13.2 Å². The lowest BCUT2D eigenvalue weighted by atomic mass is 10.1. The van der Waals surface area contributed by atoms with Gasteiger partial charge in [-0.15, -0.1) is 30.6 Å². The van der Waals surface area contributed by atoms with Gasteiger partial charge in [0.05, 0.1) is 5.56 Å². The van der Waals surface area contributed by atoms with Crippen molar-refractivity contribution in [1.29, 1.82) is 0 Å². The van der Waals surface area contributed by atoms with Crippen LogP contribution < -0.4 is 16.0 Å². The Morgan fingerprint density at radius 1 is 1.26 bits per heavy atom. The van der Waals surface area contributed by atoms with Crippen LogP contribution in [0.2, 0.25) is 0 Å². The topological polar surface area (TPSA) is 56.9 Å². The highest BCUT2D eigenvalue weighted by Gasteiger charge is 2.31. The number of aliphatic imine (C=N–C) groups is 1. The van der Waals surface area contributed by atoms with E-state index in [4.69, 9.17) is 5.73 Å². The molecule has 0 unspecified atom stereocenters. The van der Waals surface area contributed by atoms with Crippen molar-refractivity contribution in [3.05, 3.63) is 42.5 Å². The minimum atomic E-state index is -4.30. The summed E-state index contributed by atoms with van der Waals surface area (Å²) in [5, 5.41) is 2.92. The molecule has 9 heteroatoms. The van der Waals surface area contributed by atoms with Crippen molar-refractivity contribution in [2.75, 3.05) is 50.7 Å². The number of nitrogens with two attached hydrogens (primary N) is 1. The average molecular weight is 497 g/mol. The van der Waals surface area contributed by atoms with Gasteiger partial charge < -0.3 is 16.0 Å². The number of alkyl halides is 3. The van der Waals surface area contributed by atoms with Crippen LogP contribution in [0.3, 0.4) is 0 Å². The second kappa shape index (κ2) is 11.4. The molecule has 1 aromatic carbocycles. The third-order valence-corrected chi connectivity index (χ3v) is 4.25. The van der Waals surface area contributed by atoms with E-state index >= 15 is 0 Å². The van der Waals surface area contributed by atoms with Gasteiger partial charge in [0.1, 0.15) is 0 Å². The molecule has 3 N–H and O–H groups in total. The van der Waals surface area contributed by atoms with Gasteiger partial charge in [0.25, 0.3) is 0 Å². The van der Waals surface area contributed by atoms with Gasteiger partial charge in [-0.25, -0.2) is 0 Å². The largest absolute Gasteiger partial charge is 0.416 e. The molecule has 0 radical (unpaired) electrons. The smallest absolute Gasteiger partial charge is 0.370 e. The van der Waals surface area contributed by atoms with Crippen molar-refractivity contribution < 1.29 is 13.2 Å². The molecule has 1 heterocycles. The van der Waals surface area contributed by atoms with Gasteiger partial charge in [0, 0.05) is 51.5 Å². The Bertz CT molecular complexity index is 613. The van der Waals surface area contributed by atoms with Crippen LogP contribution in [0.25, 0.3) is 0 Å². The molecule has 0 saturated carbocycles. The molecule has 0 spiro atoms. The Hall–Kier alpha value is -1.49. The van der Waals surface area contributed by atoms with Crippen LogP contribution in [0.5, 0.6) is 0 Å². The quantitative estimate of drug-likeness (QED) is 0.200. The zero-order valence-corrected chi connectivity index (χ0v) is 17.5. The molecular formula is C18H27F3IN5. The zero-order chi connectivity index (χ0) is 19.0. The second-order valence-corrected chi connectivity index (χ2v) is 6.17. The van der Waals surface area contributed by atoms with Crippen molar-refractivity contribution in [2.24, 2.45) is 10.7 Å². The SMILES string of the molecule is C=CCNC(N)=NCCCN1CCN(c2cccc(C(F)(F)F)c2)CC1.I. The van der Waals surface area contributed by atoms with Crippen molar-refractivity contribution in [2.45, 2.75) is 12.6 Å². The Labute approximate surface area is 175 Å². The van der Waals surface area contributed by atoms with Gasteiger partial charge >= 0.3 is 6.18 Å². The molecule has 1 saturated heterocycles. The zero-order valence-electron chi connectivity index (χ0n) is 15.2. The van der Waals surface area contributed by atoms with E-state index in [1.54, 1.807) is 12.1 Å². The van der Waals surface area contributed by atoms with Crippen LogP contribution in [-0.4, -0.2) is 56.7 Å². The number of anilines is 1. The number of piperazine rings is 1. The summed E-state index contributed by atoms with van der Waals surface area (Å²) in [6.07, 6.45) is -1.70. The summed E-state index contributed by atoms with van der Waals surface area (Å²) in [6.45, 7) is 8.80. The number of guanidine groups is 1. The molecule has 1 fully saturated rings. The van der Waals surface area contributed by atoms with Crippen LogP contribution in [0.15, 0.2) is 41.9 Å². The first-order chi connectivity index (χ1) is 12.4. The minimum Gasteiger partial charge on any atom is -0.370 e. The number of nitrogens with zero attached hydrogens (tertiary/aromatic N) is 3. The number of halogens is 4. The van der Waals surface area contributed by atoms with E-state index in [0.717, 1.165) is 32.1 Å². The van der Waals surface area contributed by atoms with Gasteiger partial charge in [-0.05, 0) is 24.6 Å². The molecule has 0 aromatic heterocycles. The summed E-state index contributed by atoms with van der Waals surface area (Å²) in [7, 11) is 0. The summed E-state index contributed by atoms with van der Waals surface area (Å²) in [6, 6.07) is 5.53. The molecule has 1 aliphatic heterocycles. The predicted molar refractivity (Wildman–Crippen MR) is 115 cm³/mol. The molecule has 5 nitrogen and oxygen atoms in total. The fraction of sp³-hybridized carbons (Fsp3) is 0.500. The predicted octanol–water partition coefficient (Wildman–Crippen LogP) is 2.93. The van der Waals surface area contributed by atoms with Gasteiger partial charge in [0.2, 0.25) is 0 Å². The normalized spacial score (nSPS) is 16.0. The first-order valence-corrected chi connectivity index (χ1v) is 8.69. The number of hydrogen-bond donors (Lipinski definition) is 2. The van der Waals surface area contributed by atoms with E-state index in [-0.39, 0.29) is 24.0 Å². The van der Waals surface area contributed by atoms with Crippen LogP contribution in [0.1, 0.15) is 12.0 Å². The average Bonchev–Trinajstić information content (AvgIpc) is 2.63. The first kappa shape index (κ1) is 23.5. The third-order valence-electron chi connectivity index (χ3n) is 4.25. The monoisotopic (exact) mass is 497 g/mol. The molecule has 2 rings (SSSR count). The molecular weight excluding hydrogens is 470 g/mol. The Morgan fingerprint density at radius 2 is 1.96 bits per heavy atom. The Balaban J connectivity index is 0.00000364. The Kier molecular flexibility index (Phi) is 9.92. The minimum absolute atomic E-state index is 0. The third kappa shape index (κ3) is 7.96. The van der Waals surface area contributed by atoms with Crippen molar-refractivity contribution in [1.82, 2.24) is 10.2 Å². The molecule has 0 atom stereocenters. The molecule has 0 bridgehead atoms. The van der Waals surface area contributed by atoms with Gasteiger partial charge in [0.15, 0.2) is 5.96 Å². The summed E-state index contributed by atoms with van der Waals surface area (Å²) in [4.78, 5) is 8.53. The van der Waals surface area contributed by atoms with Crippen molar-refractivity contribution in [3.63, 3.8) is 0 Å². The molecule has 27 heavy (non-hydrogen) atoms. The van der Waals surface area contributed by atoms with E-state index in [9.17, 15) is 13.2 Å². The summed E-state index contributed by atoms with van der Waals surface area (Å²) in [5.74, 6) is 0.416. The molecule has 152 valence electrons. The first-order valence-electron chi connectivity index (χ1n) is 8.69. The van der Waals surface area contributed by atoms with E-state index < -0.39 is 11.7 Å². The molecule has 1 aliphatic rings. The lowest BCUT2D eigenvalue weighted by Crippen LogP contribution is -2.46. The summed E-state index contributed by atoms with van der Waals surface area (Å²) in [5.41, 5.74) is 5.73. The van der Waals surface area contributed by atoms with Crippen LogP contribution in [0, 0.1) is 0 Å². The maximum absolute atomic E-state index is 12.8. The van der Waals surface area contributed by atoms with E-state index in [0.29, 0.717) is 37.8 Å². The highest BCUT2D eigenvalue weighted by molar-refractivity contribution is 14.0. The maximum Gasteiger partial charge on any atom is 0.416 e. The van der Waals surface area contributed by atoms with Gasteiger partial charge in [-0.3, -0.25) is 9.89 Å². The van der Waals surface area contributed by atoms with E-state index in [2.05, 4.69) is 21.8 Å². The summed E-state index contributed by atoms with van der Waals surface area (Å²) >= 11 is 0. The maximum atomic E-state index is 12.8. The van der Waals surface area contributed by atoms with E-state index in [1.165, 1.54) is 12.1 Å².